The Bertz CT molecular complexity index is 789. The van der Waals surface area contributed by atoms with Crippen molar-refractivity contribution in [2.45, 2.75) is 32.0 Å². The summed E-state index contributed by atoms with van der Waals surface area (Å²) >= 11 is 0. The van der Waals surface area contributed by atoms with Gasteiger partial charge in [0.25, 0.3) is 5.91 Å². The fourth-order valence-corrected chi connectivity index (χ4v) is 3.06. The molecule has 0 radical (unpaired) electrons. The summed E-state index contributed by atoms with van der Waals surface area (Å²) < 4.78 is 5.09. The van der Waals surface area contributed by atoms with Gasteiger partial charge in [-0.25, -0.2) is 0 Å². The van der Waals surface area contributed by atoms with Crippen molar-refractivity contribution in [3.8, 4) is 5.75 Å². The summed E-state index contributed by atoms with van der Waals surface area (Å²) in [6, 6.07) is 14.4. The molecule has 6 nitrogen and oxygen atoms in total. The lowest BCUT2D eigenvalue weighted by Gasteiger charge is -2.23. The zero-order valence-electron chi connectivity index (χ0n) is 15.0. The van der Waals surface area contributed by atoms with Crippen LogP contribution >= 0.6 is 0 Å². The van der Waals surface area contributed by atoms with Crippen LogP contribution in [0.15, 0.2) is 48.5 Å². The van der Waals surface area contributed by atoms with Crippen LogP contribution in [-0.2, 0) is 22.6 Å². The van der Waals surface area contributed by atoms with Gasteiger partial charge in [-0.1, -0.05) is 24.3 Å². The van der Waals surface area contributed by atoms with Crippen LogP contribution < -0.4 is 20.7 Å². The molecule has 0 aromatic heterocycles. The normalized spacial score (nSPS) is 16.9. The molecule has 1 aliphatic rings. The third kappa shape index (κ3) is 4.21. The monoisotopic (exact) mass is 354 g/mol. The van der Waals surface area contributed by atoms with Gasteiger partial charge in [0, 0.05) is 17.7 Å². The van der Waals surface area contributed by atoms with Crippen molar-refractivity contribution in [3.63, 3.8) is 0 Å². The van der Waals surface area contributed by atoms with Crippen molar-refractivity contribution in [3.05, 3.63) is 59.7 Å². The summed E-state index contributed by atoms with van der Waals surface area (Å²) in [6.07, 6.45) is 0.675. The zero-order valence-corrected chi connectivity index (χ0v) is 15.0. The number of hydrogen-bond acceptors (Lipinski definition) is 3. The Morgan fingerprint density at radius 2 is 1.81 bits per heavy atom. The Kier molecular flexibility index (Phi) is 5.53. The van der Waals surface area contributed by atoms with Crippen LogP contribution in [0.25, 0.3) is 0 Å². The van der Waals surface area contributed by atoms with Crippen molar-refractivity contribution in [2.24, 2.45) is 0 Å². The van der Waals surface area contributed by atoms with Gasteiger partial charge in [0.15, 0.2) is 6.04 Å². The van der Waals surface area contributed by atoms with Crippen LogP contribution in [0.1, 0.15) is 18.1 Å². The molecule has 2 aromatic carbocycles. The molecule has 3 rings (SSSR count). The Labute approximate surface area is 152 Å². The van der Waals surface area contributed by atoms with Crippen molar-refractivity contribution in [1.29, 1.82) is 0 Å². The average Bonchev–Trinajstić information content (AvgIpc) is 2.68. The summed E-state index contributed by atoms with van der Waals surface area (Å²) in [6.45, 7) is 2.47. The molecule has 2 atom stereocenters. The molecule has 2 amide bonds. The van der Waals surface area contributed by atoms with E-state index < -0.39 is 6.04 Å². The number of amides is 2. The average molecular weight is 354 g/mol. The van der Waals surface area contributed by atoms with Crippen molar-refractivity contribution in [1.82, 2.24) is 5.32 Å². The van der Waals surface area contributed by atoms with Crippen LogP contribution in [0.2, 0.25) is 0 Å². The van der Waals surface area contributed by atoms with E-state index in [1.54, 1.807) is 38.3 Å². The number of quaternary nitrogens is 1. The van der Waals surface area contributed by atoms with Gasteiger partial charge in [0.2, 0.25) is 5.91 Å². The number of benzene rings is 2. The second kappa shape index (κ2) is 8.01. The summed E-state index contributed by atoms with van der Waals surface area (Å²) in [5, 5.41) is 7.63. The summed E-state index contributed by atoms with van der Waals surface area (Å²) in [4.78, 5) is 24.8. The summed E-state index contributed by atoms with van der Waals surface area (Å²) in [5.74, 6) is 0.356. The molecule has 0 aliphatic carbocycles. The smallest absolute Gasteiger partial charge is 0.279 e. The number of carbonyl (C=O) groups excluding carboxylic acids is 2. The van der Waals surface area contributed by atoms with Crippen LogP contribution in [0.4, 0.5) is 5.69 Å². The minimum Gasteiger partial charge on any atom is -0.497 e. The van der Waals surface area contributed by atoms with Crippen LogP contribution in [-0.4, -0.2) is 31.0 Å². The number of anilines is 1. The van der Waals surface area contributed by atoms with Crippen molar-refractivity contribution in [2.75, 3.05) is 12.4 Å². The van der Waals surface area contributed by atoms with Crippen LogP contribution in [0.3, 0.4) is 0 Å². The molecule has 0 spiro atoms. The highest BCUT2D eigenvalue weighted by molar-refractivity contribution is 5.97. The van der Waals surface area contributed by atoms with Crippen LogP contribution in [0, 0.1) is 0 Å². The molecule has 4 N–H and O–H groups in total. The second-order valence-corrected chi connectivity index (χ2v) is 6.47. The van der Waals surface area contributed by atoms with E-state index in [1.807, 2.05) is 17.4 Å². The molecule has 26 heavy (non-hydrogen) atoms. The first-order valence-corrected chi connectivity index (χ1v) is 8.72. The lowest BCUT2D eigenvalue weighted by molar-refractivity contribution is -0.695. The highest BCUT2D eigenvalue weighted by atomic mass is 16.5. The maximum Gasteiger partial charge on any atom is 0.279 e. The van der Waals surface area contributed by atoms with E-state index >= 15 is 0 Å². The quantitative estimate of drug-likeness (QED) is 0.744. The molecule has 0 unspecified atom stereocenters. The number of fused-ring (bicyclic) bond motifs is 1. The second-order valence-electron chi connectivity index (χ2n) is 6.47. The first-order chi connectivity index (χ1) is 12.6. The maximum atomic E-state index is 12.5. The minimum absolute atomic E-state index is 0.114. The number of methoxy groups -OCH3 is 1. The molecule has 136 valence electrons. The minimum atomic E-state index is -0.616. The Hall–Kier alpha value is -2.86. The lowest BCUT2D eigenvalue weighted by Crippen LogP contribution is -2.93. The Morgan fingerprint density at radius 1 is 1.12 bits per heavy atom. The van der Waals surface area contributed by atoms with Gasteiger partial charge in [-0.3, -0.25) is 9.59 Å². The maximum absolute atomic E-state index is 12.5. The van der Waals surface area contributed by atoms with E-state index in [0.717, 1.165) is 12.3 Å². The molecule has 0 bridgehead atoms. The van der Waals surface area contributed by atoms with E-state index in [0.29, 0.717) is 12.1 Å². The first-order valence-electron chi connectivity index (χ1n) is 8.72. The predicted octanol–water partition coefficient (Wildman–Crippen LogP) is 0.827. The number of nitrogens with one attached hydrogen (secondary N) is 2. The highest BCUT2D eigenvalue weighted by Crippen LogP contribution is 2.15. The number of rotatable bonds is 5. The van der Waals surface area contributed by atoms with Crippen molar-refractivity contribution >= 4 is 17.5 Å². The fraction of sp³-hybridized carbons (Fsp3) is 0.300. The molecule has 0 saturated carbocycles. The SMILES string of the molecule is COc1ccc(NC(=O)[C@H](C)NC(=O)[C@@H]2Cc3ccccc3C[NH2+]2)cc1. The predicted molar refractivity (Wildman–Crippen MR) is 98.8 cm³/mol. The van der Waals surface area contributed by atoms with Gasteiger partial charge in [0.1, 0.15) is 18.3 Å². The summed E-state index contributed by atoms with van der Waals surface area (Å²) in [5.41, 5.74) is 3.13. The highest BCUT2D eigenvalue weighted by Gasteiger charge is 2.29. The van der Waals surface area contributed by atoms with E-state index in [9.17, 15) is 9.59 Å². The van der Waals surface area contributed by atoms with E-state index in [1.165, 1.54) is 11.1 Å². The van der Waals surface area contributed by atoms with Gasteiger partial charge in [-0.05, 0) is 36.8 Å². The van der Waals surface area contributed by atoms with Gasteiger partial charge in [-0.15, -0.1) is 0 Å². The molecule has 1 heterocycles. The standard InChI is InChI=1S/C20H23N3O3/c1-13(19(24)23-16-7-9-17(26-2)10-8-16)22-20(25)18-11-14-5-3-4-6-15(14)12-21-18/h3-10,13,18,21H,11-12H2,1-2H3,(H,22,25)(H,23,24)/p+1/t13-,18-/m0/s1. The molecule has 6 heteroatoms. The van der Waals surface area contributed by atoms with Crippen LogP contribution in [0.5, 0.6) is 5.75 Å². The third-order valence-electron chi connectivity index (χ3n) is 4.63. The molecule has 1 aliphatic heterocycles. The Morgan fingerprint density at radius 3 is 2.50 bits per heavy atom. The molecule has 0 saturated heterocycles. The lowest BCUT2D eigenvalue weighted by atomic mass is 9.95. The first kappa shape index (κ1) is 17.9. The van der Waals surface area contributed by atoms with Gasteiger partial charge in [0.05, 0.1) is 7.11 Å². The third-order valence-corrected chi connectivity index (χ3v) is 4.63. The molecule has 2 aromatic rings. The Balaban J connectivity index is 1.54. The topological polar surface area (TPSA) is 84.0 Å². The van der Waals surface area contributed by atoms with E-state index in [4.69, 9.17) is 4.74 Å². The summed E-state index contributed by atoms with van der Waals surface area (Å²) in [7, 11) is 1.59. The largest absolute Gasteiger partial charge is 0.497 e. The number of nitrogens with two attached hydrogens (primary N) is 1. The van der Waals surface area contributed by atoms with Gasteiger partial charge in [-0.2, -0.15) is 0 Å². The number of ether oxygens (including phenoxy) is 1. The fourth-order valence-electron chi connectivity index (χ4n) is 3.06. The molecular weight excluding hydrogens is 330 g/mol. The zero-order chi connectivity index (χ0) is 18.5. The van der Waals surface area contributed by atoms with E-state index in [-0.39, 0.29) is 17.9 Å². The molecule has 0 fully saturated rings. The molecular formula is C20H24N3O3+. The van der Waals surface area contributed by atoms with Gasteiger partial charge < -0.3 is 20.7 Å². The number of carbonyl (C=O) groups is 2. The number of hydrogen-bond donors (Lipinski definition) is 3. The van der Waals surface area contributed by atoms with Gasteiger partial charge >= 0.3 is 0 Å². The van der Waals surface area contributed by atoms with E-state index in [2.05, 4.69) is 22.8 Å². The van der Waals surface area contributed by atoms with Crippen molar-refractivity contribution < 1.29 is 19.6 Å².